The molecule has 1 saturated heterocycles. The third-order valence-electron chi connectivity index (χ3n) is 5.44. The van der Waals surface area contributed by atoms with Crippen LogP contribution in [0.2, 0.25) is 0 Å². The highest BCUT2D eigenvalue weighted by Crippen LogP contribution is 2.30. The Morgan fingerprint density at radius 3 is 2.69 bits per heavy atom. The lowest BCUT2D eigenvalue weighted by Crippen LogP contribution is -2.37. The normalized spacial score (nSPS) is 15.8. The first-order chi connectivity index (χ1) is 15.5. The maximum Gasteiger partial charge on any atom is 0.228 e. The maximum absolute atomic E-state index is 13.3. The van der Waals surface area contributed by atoms with E-state index < -0.39 is 0 Å². The number of carbonyl (C=O) groups is 2. The molecule has 0 aliphatic carbocycles. The van der Waals surface area contributed by atoms with Gasteiger partial charge in [-0.2, -0.15) is 0 Å². The molecule has 3 rings (SSSR count). The van der Waals surface area contributed by atoms with Gasteiger partial charge in [-0.1, -0.05) is 19.9 Å². The molecule has 2 amide bonds. The lowest BCUT2D eigenvalue weighted by atomic mass is 10.1. The van der Waals surface area contributed by atoms with Crippen molar-refractivity contribution >= 4 is 11.8 Å². The minimum absolute atomic E-state index is 0.00717. The zero-order valence-corrected chi connectivity index (χ0v) is 19.3. The molecule has 1 aliphatic heterocycles. The van der Waals surface area contributed by atoms with Gasteiger partial charge in [0.15, 0.2) is 11.5 Å². The van der Waals surface area contributed by atoms with E-state index in [-0.39, 0.29) is 24.2 Å². The van der Waals surface area contributed by atoms with Crippen molar-refractivity contribution in [2.24, 2.45) is 5.92 Å². The Balaban J connectivity index is 1.68. The monoisotopic (exact) mass is 442 g/mol. The van der Waals surface area contributed by atoms with Crippen LogP contribution in [0.5, 0.6) is 11.5 Å². The van der Waals surface area contributed by atoms with E-state index in [4.69, 9.17) is 13.9 Å². The Labute approximate surface area is 190 Å². The molecule has 0 saturated carbocycles. The van der Waals surface area contributed by atoms with E-state index in [1.165, 1.54) is 0 Å². The van der Waals surface area contributed by atoms with Gasteiger partial charge < -0.3 is 23.7 Å². The molecule has 1 aliphatic rings. The Morgan fingerprint density at radius 1 is 1.16 bits per heavy atom. The van der Waals surface area contributed by atoms with Crippen LogP contribution in [0.1, 0.15) is 51.4 Å². The summed E-state index contributed by atoms with van der Waals surface area (Å²) >= 11 is 0. The van der Waals surface area contributed by atoms with Crippen molar-refractivity contribution in [2.45, 2.75) is 53.1 Å². The van der Waals surface area contributed by atoms with E-state index in [9.17, 15) is 9.59 Å². The van der Waals surface area contributed by atoms with Crippen molar-refractivity contribution in [3.05, 3.63) is 47.9 Å². The fraction of sp³-hybridized carbons (Fsp3) is 0.520. The van der Waals surface area contributed by atoms with E-state index in [0.717, 1.165) is 29.9 Å². The largest absolute Gasteiger partial charge is 0.490 e. The van der Waals surface area contributed by atoms with Gasteiger partial charge in [-0.15, -0.1) is 0 Å². The Morgan fingerprint density at radius 2 is 2.00 bits per heavy atom. The fourth-order valence-electron chi connectivity index (χ4n) is 3.95. The topological polar surface area (TPSA) is 72.2 Å². The number of ether oxygens (including phenoxy) is 2. The van der Waals surface area contributed by atoms with Gasteiger partial charge in [-0.05, 0) is 49.6 Å². The van der Waals surface area contributed by atoms with Crippen LogP contribution in [0.15, 0.2) is 41.0 Å². The number of rotatable bonds is 12. The predicted molar refractivity (Wildman–Crippen MR) is 121 cm³/mol. The van der Waals surface area contributed by atoms with Gasteiger partial charge >= 0.3 is 0 Å². The molecule has 2 heterocycles. The van der Waals surface area contributed by atoms with Crippen LogP contribution >= 0.6 is 0 Å². The standard InChI is InChI=1S/C25H34N2O5/c1-4-11-26(16-19-9-10-22(32-12-5-2)23(14-19)30-6-3)25(29)20-15-24(28)27(17-20)18-21-8-7-13-31-21/h7-10,13-14,20H,4-6,11-12,15-18H2,1-3H3. The van der Waals surface area contributed by atoms with Crippen LogP contribution in [0.25, 0.3) is 0 Å². The second-order valence-corrected chi connectivity index (χ2v) is 8.08. The highest BCUT2D eigenvalue weighted by Gasteiger charge is 2.36. The minimum atomic E-state index is -0.331. The highest BCUT2D eigenvalue weighted by atomic mass is 16.5. The predicted octanol–water partition coefficient (Wildman–Crippen LogP) is 4.25. The second kappa shape index (κ2) is 11.6. The number of carbonyl (C=O) groups excluding carboxylic acids is 2. The molecule has 32 heavy (non-hydrogen) atoms. The number of benzene rings is 1. The Bertz CT molecular complexity index is 880. The summed E-state index contributed by atoms with van der Waals surface area (Å²) in [5, 5.41) is 0. The smallest absolute Gasteiger partial charge is 0.228 e. The molecule has 1 aromatic heterocycles. The SMILES string of the molecule is CCCOc1ccc(CN(CCC)C(=O)C2CC(=O)N(Cc3ccco3)C2)cc1OCC. The van der Waals surface area contributed by atoms with E-state index >= 15 is 0 Å². The van der Waals surface area contributed by atoms with Gasteiger partial charge in [0.2, 0.25) is 11.8 Å². The van der Waals surface area contributed by atoms with Crippen LogP contribution in [0.4, 0.5) is 0 Å². The van der Waals surface area contributed by atoms with Crippen molar-refractivity contribution in [1.82, 2.24) is 9.80 Å². The first-order valence-electron chi connectivity index (χ1n) is 11.5. The average Bonchev–Trinajstić information content (AvgIpc) is 3.43. The molecule has 7 heteroatoms. The summed E-state index contributed by atoms with van der Waals surface area (Å²) in [5.41, 5.74) is 0.982. The van der Waals surface area contributed by atoms with Gasteiger partial charge in [0.1, 0.15) is 5.76 Å². The zero-order chi connectivity index (χ0) is 22.9. The van der Waals surface area contributed by atoms with Gasteiger partial charge in [0.05, 0.1) is 31.9 Å². The van der Waals surface area contributed by atoms with Gasteiger partial charge in [0.25, 0.3) is 0 Å². The van der Waals surface area contributed by atoms with E-state index in [2.05, 4.69) is 13.8 Å². The number of amides is 2. The molecule has 0 radical (unpaired) electrons. The lowest BCUT2D eigenvalue weighted by molar-refractivity contribution is -0.136. The maximum atomic E-state index is 13.3. The van der Waals surface area contributed by atoms with Crippen LogP contribution in [-0.2, 0) is 22.7 Å². The third-order valence-corrected chi connectivity index (χ3v) is 5.44. The van der Waals surface area contributed by atoms with Gasteiger partial charge in [0, 0.05) is 26.1 Å². The van der Waals surface area contributed by atoms with Crippen LogP contribution < -0.4 is 9.47 Å². The molecular formula is C25H34N2O5. The second-order valence-electron chi connectivity index (χ2n) is 8.08. The summed E-state index contributed by atoms with van der Waals surface area (Å²) < 4.78 is 16.9. The van der Waals surface area contributed by atoms with Crippen LogP contribution in [-0.4, -0.2) is 47.9 Å². The number of furan rings is 1. The lowest BCUT2D eigenvalue weighted by Gasteiger charge is -2.26. The molecule has 1 unspecified atom stereocenters. The summed E-state index contributed by atoms with van der Waals surface area (Å²) in [4.78, 5) is 29.4. The first kappa shape index (κ1) is 23.7. The minimum Gasteiger partial charge on any atom is -0.490 e. The molecule has 174 valence electrons. The molecule has 7 nitrogen and oxygen atoms in total. The average molecular weight is 443 g/mol. The van der Waals surface area contributed by atoms with E-state index in [0.29, 0.717) is 45.1 Å². The highest BCUT2D eigenvalue weighted by molar-refractivity contribution is 5.89. The number of hydrogen-bond acceptors (Lipinski definition) is 5. The first-order valence-corrected chi connectivity index (χ1v) is 11.5. The fourth-order valence-corrected chi connectivity index (χ4v) is 3.95. The number of likely N-dealkylation sites (tertiary alicyclic amines) is 1. The Kier molecular flexibility index (Phi) is 8.59. The van der Waals surface area contributed by atoms with Crippen molar-refractivity contribution in [2.75, 3.05) is 26.3 Å². The molecular weight excluding hydrogens is 408 g/mol. The van der Waals surface area contributed by atoms with Crippen molar-refractivity contribution in [3.8, 4) is 11.5 Å². The van der Waals surface area contributed by atoms with E-state index in [1.54, 1.807) is 17.2 Å². The number of nitrogens with zero attached hydrogens (tertiary/aromatic N) is 2. The van der Waals surface area contributed by atoms with Crippen LogP contribution in [0.3, 0.4) is 0 Å². The summed E-state index contributed by atoms with van der Waals surface area (Å²) in [6, 6.07) is 9.49. The summed E-state index contributed by atoms with van der Waals surface area (Å²) in [6.07, 6.45) is 3.60. The molecule has 0 N–H and O–H groups in total. The van der Waals surface area contributed by atoms with Gasteiger partial charge in [-0.3, -0.25) is 9.59 Å². The van der Waals surface area contributed by atoms with Crippen molar-refractivity contribution in [3.63, 3.8) is 0 Å². The molecule has 1 fully saturated rings. The van der Waals surface area contributed by atoms with E-state index in [1.807, 2.05) is 36.1 Å². The summed E-state index contributed by atoms with van der Waals surface area (Å²) in [6.45, 7) is 9.16. The van der Waals surface area contributed by atoms with Crippen molar-refractivity contribution in [1.29, 1.82) is 0 Å². The number of hydrogen-bond donors (Lipinski definition) is 0. The van der Waals surface area contributed by atoms with Crippen LogP contribution in [0, 0.1) is 5.92 Å². The van der Waals surface area contributed by atoms with Crippen molar-refractivity contribution < 1.29 is 23.5 Å². The molecule has 0 bridgehead atoms. The molecule has 1 atom stereocenters. The Hall–Kier alpha value is -2.96. The summed E-state index contributed by atoms with van der Waals surface area (Å²) in [7, 11) is 0. The zero-order valence-electron chi connectivity index (χ0n) is 19.3. The summed E-state index contributed by atoms with van der Waals surface area (Å²) in [5.74, 6) is 1.83. The quantitative estimate of drug-likeness (QED) is 0.491. The third kappa shape index (κ3) is 6.05. The molecule has 1 aromatic carbocycles. The van der Waals surface area contributed by atoms with Gasteiger partial charge in [-0.25, -0.2) is 0 Å². The molecule has 2 aromatic rings. The molecule has 0 spiro atoms.